The quantitative estimate of drug-likeness (QED) is 0.273. The Hall–Kier alpha value is -4.39. The van der Waals surface area contributed by atoms with Crippen molar-refractivity contribution >= 4 is 63.1 Å². The lowest BCUT2D eigenvalue weighted by molar-refractivity contribution is 0.0634. The van der Waals surface area contributed by atoms with Crippen LogP contribution in [0.15, 0.2) is 54.7 Å². The molecule has 0 aliphatic carbocycles. The number of amides is 3. The zero-order chi connectivity index (χ0) is 30.1. The van der Waals surface area contributed by atoms with E-state index < -0.39 is 0 Å². The second-order valence-corrected chi connectivity index (χ2v) is 11.8. The molecule has 2 aromatic carbocycles. The Labute approximate surface area is 257 Å². The first-order valence-corrected chi connectivity index (χ1v) is 15.0. The van der Waals surface area contributed by atoms with E-state index in [9.17, 15) is 14.4 Å². The molecule has 2 aliphatic heterocycles. The molecule has 4 heterocycles. The lowest BCUT2D eigenvalue weighted by Gasteiger charge is -2.36. The Bertz CT molecular complexity index is 1660. The predicted octanol–water partition coefficient (Wildman–Crippen LogP) is 4.62. The molecule has 6 rings (SSSR count). The van der Waals surface area contributed by atoms with Gasteiger partial charge in [-0.3, -0.25) is 24.2 Å². The molecule has 2 aromatic heterocycles. The number of rotatable bonds is 8. The van der Waals surface area contributed by atoms with Crippen LogP contribution in [0.25, 0.3) is 0 Å². The van der Waals surface area contributed by atoms with E-state index in [1.807, 2.05) is 32.0 Å². The fourth-order valence-electron chi connectivity index (χ4n) is 5.17. The third-order valence-corrected chi connectivity index (χ3v) is 8.69. The summed E-state index contributed by atoms with van der Waals surface area (Å²) in [5.74, 6) is 1.25. The number of hydrogen-bond donors (Lipinski definition) is 2. The highest BCUT2D eigenvalue weighted by Crippen LogP contribution is 2.29. The van der Waals surface area contributed by atoms with Crippen molar-refractivity contribution < 1.29 is 14.4 Å². The Morgan fingerprint density at radius 2 is 1.67 bits per heavy atom. The minimum atomic E-state index is -0.290. The normalized spacial score (nSPS) is 15.1. The molecule has 0 unspecified atom stereocenters. The fourth-order valence-corrected chi connectivity index (χ4v) is 6.16. The summed E-state index contributed by atoms with van der Waals surface area (Å²) in [5.41, 5.74) is 2.41. The lowest BCUT2D eigenvalue weighted by atomic mass is 10.1. The fraction of sp³-hybridized carbons (Fsp3) is 0.267. The molecule has 43 heavy (non-hydrogen) atoms. The first kappa shape index (κ1) is 28.7. The number of carbonyl (C=O) groups excluding carboxylic acids is 3. The number of aromatic nitrogens is 3. The maximum absolute atomic E-state index is 12.8. The largest absolute Gasteiger partial charge is 0.354 e. The summed E-state index contributed by atoms with van der Waals surface area (Å²) in [6.07, 6.45) is 1.52. The number of aryl methyl sites for hydroxylation is 2. The number of fused-ring (bicyclic) bond motifs is 1. The highest BCUT2D eigenvalue weighted by Gasteiger charge is 2.35. The van der Waals surface area contributed by atoms with E-state index in [2.05, 4.69) is 35.4 Å². The van der Waals surface area contributed by atoms with Crippen LogP contribution >= 0.6 is 22.9 Å². The highest BCUT2D eigenvalue weighted by molar-refractivity contribution is 7.17. The predicted molar refractivity (Wildman–Crippen MR) is 167 cm³/mol. The molecular formula is C30H29ClN8O3S. The molecule has 0 atom stereocenters. The standard InChI is InChI=1S/C30H29ClN8O3S/c1-18-6-5-9-22(31)26(18)36-27(40)23-17-32-30(43-23)35-24-16-25(34-19(2)33-24)38-13-10-37(11-14-38)12-15-39-28(41)20-7-3-4-8-21(20)29(39)42/h3-9,16-17H,10-15H2,1-2H3,(H,36,40)(H,32,33,34,35). The van der Waals surface area contributed by atoms with Crippen molar-refractivity contribution in [2.45, 2.75) is 13.8 Å². The van der Waals surface area contributed by atoms with Crippen molar-refractivity contribution in [3.8, 4) is 0 Å². The van der Waals surface area contributed by atoms with E-state index in [1.54, 1.807) is 30.3 Å². The summed E-state index contributed by atoms with van der Waals surface area (Å²) in [6, 6.07) is 14.3. The summed E-state index contributed by atoms with van der Waals surface area (Å²) in [6.45, 7) is 7.70. The van der Waals surface area contributed by atoms with Gasteiger partial charge in [0, 0.05) is 45.3 Å². The Balaban J connectivity index is 1.04. The Morgan fingerprint density at radius 3 is 2.37 bits per heavy atom. The molecule has 220 valence electrons. The van der Waals surface area contributed by atoms with Gasteiger partial charge >= 0.3 is 0 Å². The van der Waals surface area contributed by atoms with Gasteiger partial charge in [-0.25, -0.2) is 15.0 Å². The summed E-state index contributed by atoms with van der Waals surface area (Å²) in [7, 11) is 0. The van der Waals surface area contributed by atoms with Crippen molar-refractivity contribution in [3.05, 3.63) is 87.1 Å². The van der Waals surface area contributed by atoms with Crippen molar-refractivity contribution in [2.24, 2.45) is 0 Å². The summed E-state index contributed by atoms with van der Waals surface area (Å²) in [5, 5.41) is 7.08. The first-order valence-electron chi connectivity index (χ1n) is 13.8. The maximum atomic E-state index is 12.8. The number of halogens is 1. The van der Waals surface area contributed by atoms with Gasteiger partial charge in [0.2, 0.25) is 0 Å². The second-order valence-electron chi connectivity index (χ2n) is 10.3. The number of imide groups is 1. The third-order valence-electron chi connectivity index (χ3n) is 7.46. The molecule has 13 heteroatoms. The van der Waals surface area contributed by atoms with Crippen LogP contribution in [0.5, 0.6) is 0 Å². The maximum Gasteiger partial charge on any atom is 0.267 e. The molecular weight excluding hydrogens is 588 g/mol. The molecule has 0 radical (unpaired) electrons. The smallest absolute Gasteiger partial charge is 0.267 e. The molecule has 3 amide bonds. The van der Waals surface area contributed by atoms with E-state index >= 15 is 0 Å². The van der Waals surface area contributed by atoms with Gasteiger partial charge in [0.15, 0.2) is 5.13 Å². The van der Waals surface area contributed by atoms with Gasteiger partial charge in [0.25, 0.3) is 17.7 Å². The van der Waals surface area contributed by atoms with Crippen molar-refractivity contribution in [1.82, 2.24) is 24.8 Å². The number of hydrogen-bond acceptors (Lipinski definition) is 10. The lowest BCUT2D eigenvalue weighted by Crippen LogP contribution is -2.49. The number of anilines is 4. The van der Waals surface area contributed by atoms with Crippen LogP contribution in [0.4, 0.5) is 22.5 Å². The van der Waals surface area contributed by atoms with Gasteiger partial charge in [-0.05, 0) is 37.6 Å². The zero-order valence-electron chi connectivity index (χ0n) is 23.6. The minimum Gasteiger partial charge on any atom is -0.354 e. The van der Waals surface area contributed by atoms with Crippen molar-refractivity contribution in [1.29, 1.82) is 0 Å². The van der Waals surface area contributed by atoms with E-state index in [-0.39, 0.29) is 17.7 Å². The van der Waals surface area contributed by atoms with Crippen LogP contribution < -0.4 is 15.5 Å². The number of nitrogens with one attached hydrogen (secondary N) is 2. The zero-order valence-corrected chi connectivity index (χ0v) is 25.2. The van der Waals surface area contributed by atoms with Crippen LogP contribution in [0.3, 0.4) is 0 Å². The van der Waals surface area contributed by atoms with Gasteiger partial charge < -0.3 is 15.5 Å². The van der Waals surface area contributed by atoms with Crippen molar-refractivity contribution in [2.75, 3.05) is 54.8 Å². The molecule has 4 aromatic rings. The van der Waals surface area contributed by atoms with Crippen LogP contribution in [-0.4, -0.2) is 81.7 Å². The molecule has 0 saturated carbocycles. The number of para-hydroxylation sites is 1. The number of thiazole rings is 1. The topological polar surface area (TPSA) is 124 Å². The van der Waals surface area contributed by atoms with Crippen LogP contribution in [0.1, 0.15) is 41.8 Å². The van der Waals surface area contributed by atoms with Crippen molar-refractivity contribution in [3.63, 3.8) is 0 Å². The highest BCUT2D eigenvalue weighted by atomic mass is 35.5. The minimum absolute atomic E-state index is 0.223. The van der Waals surface area contributed by atoms with E-state index in [0.29, 0.717) is 56.6 Å². The molecule has 0 bridgehead atoms. The van der Waals surface area contributed by atoms with E-state index in [1.165, 1.54) is 22.4 Å². The van der Waals surface area contributed by atoms with E-state index in [4.69, 9.17) is 11.6 Å². The SMILES string of the molecule is Cc1nc(Nc2ncc(C(=O)Nc3c(C)cccc3Cl)s2)cc(N2CCN(CCN3C(=O)c4ccccc4C3=O)CC2)n1. The molecule has 11 nitrogen and oxygen atoms in total. The van der Waals surface area contributed by atoms with Crippen LogP contribution in [0.2, 0.25) is 5.02 Å². The van der Waals surface area contributed by atoms with E-state index in [0.717, 1.165) is 37.6 Å². The molecule has 1 fully saturated rings. The Morgan fingerprint density at radius 1 is 0.953 bits per heavy atom. The number of piperazine rings is 1. The van der Waals surface area contributed by atoms with Gasteiger partial charge in [-0.2, -0.15) is 0 Å². The molecule has 0 spiro atoms. The Kier molecular flexibility index (Phi) is 8.06. The average molecular weight is 617 g/mol. The molecule has 1 saturated heterocycles. The number of benzene rings is 2. The van der Waals surface area contributed by atoms with Gasteiger partial charge in [0.05, 0.1) is 28.0 Å². The summed E-state index contributed by atoms with van der Waals surface area (Å²) in [4.78, 5) is 57.9. The number of carbonyl (C=O) groups is 3. The summed E-state index contributed by atoms with van der Waals surface area (Å²) < 4.78 is 0. The molecule has 2 aliphatic rings. The van der Waals surface area contributed by atoms with Crippen LogP contribution in [0, 0.1) is 13.8 Å². The number of nitrogens with zero attached hydrogens (tertiary/aromatic N) is 6. The van der Waals surface area contributed by atoms with Gasteiger partial charge in [0.1, 0.15) is 22.3 Å². The van der Waals surface area contributed by atoms with Gasteiger partial charge in [-0.1, -0.05) is 47.2 Å². The average Bonchev–Trinajstić information content (AvgIpc) is 3.56. The van der Waals surface area contributed by atoms with Crippen LogP contribution in [-0.2, 0) is 0 Å². The first-order chi connectivity index (χ1) is 20.8. The molecule has 2 N–H and O–H groups in total. The monoisotopic (exact) mass is 616 g/mol. The third kappa shape index (κ3) is 6.07. The second kappa shape index (κ2) is 12.1. The van der Waals surface area contributed by atoms with Gasteiger partial charge in [-0.15, -0.1) is 0 Å². The summed E-state index contributed by atoms with van der Waals surface area (Å²) >= 11 is 7.47.